The SMILES string of the molecule is COc1ccc(-c2ccc(C(=O)N(C3CC3)C3CCN(C=O)CC3)cc2)cc1. The molecule has 0 N–H and O–H groups in total. The van der Waals surface area contributed by atoms with Crippen LogP contribution < -0.4 is 4.74 Å². The van der Waals surface area contributed by atoms with Crippen molar-refractivity contribution in [2.24, 2.45) is 0 Å². The molecule has 1 aliphatic heterocycles. The van der Waals surface area contributed by atoms with Gasteiger partial charge in [-0.15, -0.1) is 0 Å². The number of benzene rings is 2. The summed E-state index contributed by atoms with van der Waals surface area (Å²) in [6.07, 6.45) is 4.82. The third-order valence-electron chi connectivity index (χ3n) is 5.77. The molecule has 0 radical (unpaired) electrons. The van der Waals surface area contributed by atoms with Gasteiger partial charge in [0.25, 0.3) is 5.91 Å². The van der Waals surface area contributed by atoms with Crippen molar-refractivity contribution in [2.45, 2.75) is 37.8 Å². The minimum atomic E-state index is 0.119. The number of rotatable bonds is 6. The van der Waals surface area contributed by atoms with Gasteiger partial charge in [-0.3, -0.25) is 9.59 Å². The molecule has 1 saturated carbocycles. The minimum Gasteiger partial charge on any atom is -0.497 e. The Hall–Kier alpha value is -2.82. The van der Waals surface area contributed by atoms with E-state index in [0.717, 1.165) is 67.6 Å². The minimum absolute atomic E-state index is 0.119. The molecule has 0 atom stereocenters. The summed E-state index contributed by atoms with van der Waals surface area (Å²) >= 11 is 0. The lowest BCUT2D eigenvalue weighted by Gasteiger charge is -2.37. The number of hydrogen-bond donors (Lipinski definition) is 0. The normalized spacial score (nSPS) is 17.2. The lowest BCUT2D eigenvalue weighted by molar-refractivity contribution is -0.119. The molecule has 146 valence electrons. The fraction of sp³-hybridized carbons (Fsp3) is 0.391. The van der Waals surface area contributed by atoms with E-state index >= 15 is 0 Å². The Bertz CT molecular complexity index is 820. The molecule has 4 rings (SSSR count). The van der Waals surface area contributed by atoms with Gasteiger partial charge in [0, 0.05) is 30.7 Å². The van der Waals surface area contributed by atoms with Gasteiger partial charge in [0.15, 0.2) is 0 Å². The van der Waals surface area contributed by atoms with Gasteiger partial charge >= 0.3 is 0 Å². The number of nitrogens with zero attached hydrogens (tertiary/aromatic N) is 2. The van der Waals surface area contributed by atoms with Crippen LogP contribution in [0.25, 0.3) is 11.1 Å². The maximum atomic E-state index is 13.2. The number of likely N-dealkylation sites (tertiary alicyclic amines) is 1. The van der Waals surface area contributed by atoms with Crippen molar-refractivity contribution in [3.63, 3.8) is 0 Å². The van der Waals surface area contributed by atoms with Crippen LogP contribution in [0.4, 0.5) is 0 Å². The van der Waals surface area contributed by atoms with E-state index in [-0.39, 0.29) is 11.9 Å². The molecule has 1 heterocycles. The van der Waals surface area contributed by atoms with E-state index in [1.54, 1.807) is 12.0 Å². The van der Waals surface area contributed by atoms with Crippen molar-refractivity contribution in [3.05, 3.63) is 54.1 Å². The van der Waals surface area contributed by atoms with Crippen molar-refractivity contribution in [3.8, 4) is 16.9 Å². The van der Waals surface area contributed by atoms with Gasteiger partial charge in [-0.05, 0) is 61.1 Å². The number of hydrogen-bond acceptors (Lipinski definition) is 3. The van der Waals surface area contributed by atoms with Gasteiger partial charge in [-0.25, -0.2) is 0 Å². The third-order valence-corrected chi connectivity index (χ3v) is 5.77. The van der Waals surface area contributed by atoms with E-state index < -0.39 is 0 Å². The zero-order valence-electron chi connectivity index (χ0n) is 16.2. The Morgan fingerprint density at radius 1 is 0.929 bits per heavy atom. The maximum absolute atomic E-state index is 13.2. The highest BCUT2D eigenvalue weighted by molar-refractivity contribution is 5.95. The average Bonchev–Trinajstić information content (AvgIpc) is 3.59. The molecule has 2 fully saturated rings. The number of piperidine rings is 1. The first-order chi connectivity index (χ1) is 13.7. The van der Waals surface area contributed by atoms with Gasteiger partial charge in [0.05, 0.1) is 7.11 Å². The summed E-state index contributed by atoms with van der Waals surface area (Å²) in [4.78, 5) is 28.1. The van der Waals surface area contributed by atoms with Gasteiger partial charge in [0.1, 0.15) is 5.75 Å². The largest absolute Gasteiger partial charge is 0.497 e. The summed E-state index contributed by atoms with van der Waals surface area (Å²) in [5, 5.41) is 0. The zero-order valence-corrected chi connectivity index (χ0v) is 16.2. The van der Waals surface area contributed by atoms with E-state index in [1.165, 1.54) is 0 Å². The van der Waals surface area contributed by atoms with Crippen molar-refractivity contribution in [2.75, 3.05) is 20.2 Å². The molecule has 0 bridgehead atoms. The molecule has 1 saturated heterocycles. The quantitative estimate of drug-likeness (QED) is 0.722. The molecule has 2 aliphatic rings. The number of amides is 2. The topological polar surface area (TPSA) is 49.9 Å². The van der Waals surface area contributed by atoms with E-state index in [4.69, 9.17) is 4.74 Å². The van der Waals surface area contributed by atoms with Crippen LogP contribution in [0.3, 0.4) is 0 Å². The van der Waals surface area contributed by atoms with E-state index in [9.17, 15) is 9.59 Å². The molecule has 2 amide bonds. The average molecular weight is 378 g/mol. The summed E-state index contributed by atoms with van der Waals surface area (Å²) in [5.41, 5.74) is 2.92. The Morgan fingerprint density at radius 3 is 1.96 bits per heavy atom. The molecule has 0 aromatic heterocycles. The Morgan fingerprint density at radius 2 is 1.46 bits per heavy atom. The molecule has 5 heteroatoms. The number of carbonyl (C=O) groups excluding carboxylic acids is 2. The van der Waals surface area contributed by atoms with Gasteiger partial charge in [-0.2, -0.15) is 0 Å². The number of methoxy groups -OCH3 is 1. The second-order valence-corrected chi connectivity index (χ2v) is 7.62. The highest BCUT2D eigenvalue weighted by Gasteiger charge is 2.38. The van der Waals surface area contributed by atoms with Crippen LogP contribution in [0.5, 0.6) is 5.75 Å². The molecular formula is C23H26N2O3. The smallest absolute Gasteiger partial charge is 0.254 e. The standard InChI is InChI=1S/C23H26N2O3/c1-28-22-10-6-18(7-11-22)17-2-4-19(5-3-17)23(27)25(20-8-9-20)21-12-14-24(16-26)15-13-21/h2-7,10-11,16,20-21H,8-9,12-15H2,1H3. The summed E-state index contributed by atoms with van der Waals surface area (Å²) in [6, 6.07) is 16.4. The van der Waals surface area contributed by atoms with Crippen LogP contribution in [-0.2, 0) is 4.79 Å². The first-order valence-corrected chi connectivity index (χ1v) is 9.96. The maximum Gasteiger partial charge on any atom is 0.254 e. The van der Waals surface area contributed by atoms with Crippen LogP contribution in [0, 0.1) is 0 Å². The molecular weight excluding hydrogens is 352 g/mol. The van der Waals surface area contributed by atoms with Crippen LogP contribution >= 0.6 is 0 Å². The molecule has 0 spiro atoms. The predicted molar refractivity (Wildman–Crippen MR) is 108 cm³/mol. The number of carbonyl (C=O) groups is 2. The zero-order chi connectivity index (χ0) is 19.5. The Balaban J connectivity index is 1.49. The lowest BCUT2D eigenvalue weighted by Crippen LogP contribution is -2.48. The monoisotopic (exact) mass is 378 g/mol. The first kappa shape index (κ1) is 18.5. The van der Waals surface area contributed by atoms with Gasteiger partial charge in [-0.1, -0.05) is 24.3 Å². The van der Waals surface area contributed by atoms with E-state index in [0.29, 0.717) is 6.04 Å². The summed E-state index contributed by atoms with van der Waals surface area (Å²) < 4.78 is 5.21. The van der Waals surface area contributed by atoms with E-state index in [2.05, 4.69) is 4.90 Å². The molecule has 5 nitrogen and oxygen atoms in total. The van der Waals surface area contributed by atoms with Crippen molar-refractivity contribution < 1.29 is 14.3 Å². The van der Waals surface area contributed by atoms with Crippen LogP contribution in [0.2, 0.25) is 0 Å². The van der Waals surface area contributed by atoms with Gasteiger partial charge in [0.2, 0.25) is 6.41 Å². The second-order valence-electron chi connectivity index (χ2n) is 7.62. The van der Waals surface area contributed by atoms with Crippen LogP contribution in [-0.4, -0.2) is 54.4 Å². The highest BCUT2D eigenvalue weighted by atomic mass is 16.5. The fourth-order valence-corrected chi connectivity index (χ4v) is 3.99. The number of ether oxygens (including phenoxy) is 1. The molecule has 1 aliphatic carbocycles. The predicted octanol–water partition coefficient (Wildman–Crippen LogP) is 3.59. The van der Waals surface area contributed by atoms with Crippen LogP contribution in [0.15, 0.2) is 48.5 Å². The summed E-state index contributed by atoms with van der Waals surface area (Å²) in [6.45, 7) is 1.47. The third kappa shape index (κ3) is 3.88. The lowest BCUT2D eigenvalue weighted by atomic mass is 10.0. The van der Waals surface area contributed by atoms with Crippen molar-refractivity contribution >= 4 is 12.3 Å². The Labute approximate surface area is 165 Å². The molecule has 0 unspecified atom stereocenters. The first-order valence-electron chi connectivity index (χ1n) is 9.96. The van der Waals surface area contributed by atoms with E-state index in [1.807, 2.05) is 48.5 Å². The highest BCUT2D eigenvalue weighted by Crippen LogP contribution is 2.33. The molecule has 28 heavy (non-hydrogen) atoms. The second kappa shape index (κ2) is 8.05. The van der Waals surface area contributed by atoms with Gasteiger partial charge < -0.3 is 14.5 Å². The summed E-state index contributed by atoms with van der Waals surface area (Å²) in [7, 11) is 1.66. The Kier molecular flexibility index (Phi) is 5.33. The fourth-order valence-electron chi connectivity index (χ4n) is 3.99. The molecule has 2 aromatic carbocycles. The summed E-state index contributed by atoms with van der Waals surface area (Å²) in [5.74, 6) is 0.949. The molecule has 2 aromatic rings. The van der Waals surface area contributed by atoms with Crippen LogP contribution in [0.1, 0.15) is 36.0 Å². The van der Waals surface area contributed by atoms with Crippen molar-refractivity contribution in [1.29, 1.82) is 0 Å². The van der Waals surface area contributed by atoms with Crippen molar-refractivity contribution in [1.82, 2.24) is 9.80 Å².